The molecule has 3 heterocycles. The average molecular weight is 403 g/mol. The molecular formula is C21H21N7O2. The van der Waals surface area contributed by atoms with Crippen LogP contribution in [0.2, 0.25) is 0 Å². The number of hydrogen-bond acceptors (Lipinski definition) is 6. The Balaban J connectivity index is 1.36. The molecule has 2 aromatic heterocycles. The third kappa shape index (κ3) is 4.35. The molecule has 0 spiro atoms. The topological polar surface area (TPSA) is 116 Å². The number of H-pyrrole nitrogens is 1. The molecular weight excluding hydrogens is 382 g/mol. The Morgan fingerprint density at radius 3 is 2.80 bits per heavy atom. The monoisotopic (exact) mass is 403 g/mol. The molecule has 1 aliphatic heterocycles. The van der Waals surface area contributed by atoms with Gasteiger partial charge in [0.1, 0.15) is 0 Å². The molecule has 1 aromatic carbocycles. The summed E-state index contributed by atoms with van der Waals surface area (Å²) in [7, 11) is 0. The van der Waals surface area contributed by atoms with E-state index in [0.29, 0.717) is 30.3 Å². The molecule has 1 aliphatic rings. The molecule has 1 saturated heterocycles. The number of nitrogens with zero attached hydrogens (tertiary/aromatic N) is 4. The van der Waals surface area contributed by atoms with Gasteiger partial charge < -0.3 is 15.5 Å². The molecule has 0 saturated carbocycles. The largest absolute Gasteiger partial charge is 0.350 e. The minimum atomic E-state index is -0.290. The maximum absolute atomic E-state index is 12.8. The number of anilines is 2. The quantitative estimate of drug-likeness (QED) is 0.544. The van der Waals surface area contributed by atoms with Gasteiger partial charge in [0.25, 0.3) is 5.91 Å². The zero-order valence-corrected chi connectivity index (χ0v) is 16.2. The summed E-state index contributed by atoms with van der Waals surface area (Å²) in [5.74, 6) is 0.186. The molecule has 1 fully saturated rings. The van der Waals surface area contributed by atoms with Gasteiger partial charge in [0.2, 0.25) is 11.9 Å². The van der Waals surface area contributed by atoms with Crippen LogP contribution in [-0.2, 0) is 4.79 Å². The number of likely N-dealkylation sites (tertiary alicyclic amines) is 1. The van der Waals surface area contributed by atoms with Crippen LogP contribution in [0.15, 0.2) is 61.6 Å². The van der Waals surface area contributed by atoms with Gasteiger partial charge >= 0.3 is 0 Å². The lowest BCUT2D eigenvalue weighted by Crippen LogP contribution is -2.31. The van der Waals surface area contributed by atoms with Crippen LogP contribution in [0.3, 0.4) is 0 Å². The highest BCUT2D eigenvalue weighted by Crippen LogP contribution is 2.20. The van der Waals surface area contributed by atoms with Crippen LogP contribution in [0.5, 0.6) is 0 Å². The van der Waals surface area contributed by atoms with Gasteiger partial charge in [-0.1, -0.05) is 6.58 Å². The number of amides is 2. The molecule has 3 aromatic rings. The molecule has 3 N–H and O–H groups in total. The van der Waals surface area contributed by atoms with E-state index >= 15 is 0 Å². The first-order valence-electron chi connectivity index (χ1n) is 9.54. The maximum Gasteiger partial charge on any atom is 0.253 e. The molecule has 30 heavy (non-hydrogen) atoms. The summed E-state index contributed by atoms with van der Waals surface area (Å²) in [5.41, 5.74) is 2.85. The van der Waals surface area contributed by atoms with E-state index in [-0.39, 0.29) is 17.9 Å². The van der Waals surface area contributed by atoms with E-state index in [1.54, 1.807) is 47.8 Å². The number of benzene rings is 1. The molecule has 1 atom stereocenters. The van der Waals surface area contributed by atoms with E-state index in [2.05, 4.69) is 37.4 Å². The van der Waals surface area contributed by atoms with Crippen molar-refractivity contribution in [2.24, 2.45) is 0 Å². The molecule has 0 aliphatic carbocycles. The summed E-state index contributed by atoms with van der Waals surface area (Å²) in [5, 5.41) is 12.7. The van der Waals surface area contributed by atoms with Crippen molar-refractivity contribution >= 4 is 23.5 Å². The second-order valence-electron chi connectivity index (χ2n) is 6.90. The Kier molecular flexibility index (Phi) is 5.51. The third-order valence-corrected chi connectivity index (χ3v) is 4.84. The Hall–Kier alpha value is -4.01. The third-order valence-electron chi connectivity index (χ3n) is 4.84. The van der Waals surface area contributed by atoms with Crippen LogP contribution < -0.4 is 10.6 Å². The predicted octanol–water partition coefficient (Wildman–Crippen LogP) is 2.32. The van der Waals surface area contributed by atoms with Gasteiger partial charge in [-0.3, -0.25) is 14.7 Å². The number of nitrogens with one attached hydrogen (secondary N) is 3. The average Bonchev–Trinajstić information content (AvgIpc) is 3.46. The number of hydrogen-bond donors (Lipinski definition) is 3. The normalized spacial score (nSPS) is 15.6. The number of carbonyl (C=O) groups is 2. The molecule has 0 radical (unpaired) electrons. The molecule has 0 bridgehead atoms. The van der Waals surface area contributed by atoms with Crippen LogP contribution in [0.4, 0.5) is 11.6 Å². The standard InChI is InChI=1S/C21H21N7O2/c1-2-19(29)25-16-5-3-14(4-6-16)20(30)28-10-8-17(13-28)26-21-22-9-7-18(27-21)15-11-23-24-12-15/h2-7,9,11-12,17H,1,8,10,13H2,(H,23,24)(H,25,29)(H,22,26,27). The van der Waals surface area contributed by atoms with Crippen molar-refractivity contribution in [2.75, 3.05) is 23.7 Å². The number of carbonyl (C=O) groups excluding carboxylic acids is 2. The molecule has 152 valence electrons. The fraction of sp³-hybridized carbons (Fsp3) is 0.190. The highest BCUT2D eigenvalue weighted by molar-refractivity contribution is 5.99. The maximum atomic E-state index is 12.8. The van der Waals surface area contributed by atoms with E-state index in [1.807, 2.05) is 6.07 Å². The molecule has 9 heteroatoms. The van der Waals surface area contributed by atoms with Crippen molar-refractivity contribution in [1.29, 1.82) is 0 Å². The summed E-state index contributed by atoms with van der Waals surface area (Å²) in [6.45, 7) is 4.63. The van der Waals surface area contributed by atoms with Gasteiger partial charge in [0.05, 0.1) is 11.9 Å². The first-order chi connectivity index (χ1) is 14.6. The zero-order chi connectivity index (χ0) is 20.9. The number of aromatic nitrogens is 4. The highest BCUT2D eigenvalue weighted by Gasteiger charge is 2.27. The van der Waals surface area contributed by atoms with Crippen molar-refractivity contribution in [1.82, 2.24) is 25.1 Å². The second-order valence-corrected chi connectivity index (χ2v) is 6.90. The first kappa shape index (κ1) is 19.3. The van der Waals surface area contributed by atoms with E-state index < -0.39 is 0 Å². The Labute approximate surface area is 173 Å². The minimum absolute atomic E-state index is 0.0473. The fourth-order valence-corrected chi connectivity index (χ4v) is 3.30. The molecule has 2 amide bonds. The smallest absolute Gasteiger partial charge is 0.253 e. The number of aromatic amines is 1. The van der Waals surface area contributed by atoms with Crippen LogP contribution >= 0.6 is 0 Å². The highest BCUT2D eigenvalue weighted by atomic mass is 16.2. The summed E-state index contributed by atoms with van der Waals surface area (Å²) in [4.78, 5) is 34.8. The van der Waals surface area contributed by atoms with Gasteiger partial charge in [-0.25, -0.2) is 9.97 Å². The van der Waals surface area contributed by atoms with Gasteiger partial charge in [-0.2, -0.15) is 5.10 Å². The van der Waals surface area contributed by atoms with E-state index in [1.165, 1.54) is 6.08 Å². The molecule has 4 rings (SSSR count). The van der Waals surface area contributed by atoms with Crippen molar-refractivity contribution in [3.63, 3.8) is 0 Å². The second kappa shape index (κ2) is 8.56. The Morgan fingerprint density at radius 2 is 2.07 bits per heavy atom. The SMILES string of the molecule is C=CC(=O)Nc1ccc(C(=O)N2CCC(Nc3nccc(-c4cn[nH]c4)n3)C2)cc1. The van der Waals surface area contributed by atoms with Crippen molar-refractivity contribution < 1.29 is 9.59 Å². The van der Waals surface area contributed by atoms with Crippen LogP contribution in [0, 0.1) is 0 Å². The van der Waals surface area contributed by atoms with E-state index in [0.717, 1.165) is 17.7 Å². The van der Waals surface area contributed by atoms with Crippen LogP contribution in [0.25, 0.3) is 11.3 Å². The van der Waals surface area contributed by atoms with Gasteiger partial charge in [-0.15, -0.1) is 0 Å². The minimum Gasteiger partial charge on any atom is -0.350 e. The fourth-order valence-electron chi connectivity index (χ4n) is 3.30. The Bertz CT molecular complexity index is 1050. The summed E-state index contributed by atoms with van der Waals surface area (Å²) < 4.78 is 0. The van der Waals surface area contributed by atoms with Gasteiger partial charge in [0, 0.05) is 48.3 Å². The van der Waals surface area contributed by atoms with Crippen LogP contribution in [0.1, 0.15) is 16.8 Å². The van der Waals surface area contributed by atoms with Crippen LogP contribution in [-0.4, -0.2) is 56.0 Å². The lowest BCUT2D eigenvalue weighted by atomic mass is 10.2. The van der Waals surface area contributed by atoms with Crippen molar-refractivity contribution in [3.8, 4) is 11.3 Å². The number of rotatable bonds is 6. The predicted molar refractivity (Wildman–Crippen MR) is 113 cm³/mol. The lowest BCUT2D eigenvalue weighted by Gasteiger charge is -2.17. The van der Waals surface area contributed by atoms with Gasteiger partial charge in [0.15, 0.2) is 0 Å². The van der Waals surface area contributed by atoms with Crippen molar-refractivity contribution in [3.05, 3.63) is 67.1 Å². The lowest BCUT2D eigenvalue weighted by molar-refractivity contribution is -0.111. The van der Waals surface area contributed by atoms with E-state index in [9.17, 15) is 9.59 Å². The summed E-state index contributed by atoms with van der Waals surface area (Å²) >= 11 is 0. The van der Waals surface area contributed by atoms with E-state index in [4.69, 9.17) is 0 Å². The molecule has 9 nitrogen and oxygen atoms in total. The first-order valence-corrected chi connectivity index (χ1v) is 9.54. The zero-order valence-electron chi connectivity index (χ0n) is 16.2. The van der Waals surface area contributed by atoms with Gasteiger partial charge in [-0.05, 0) is 42.8 Å². The summed E-state index contributed by atoms with van der Waals surface area (Å²) in [6, 6.07) is 8.71. The Morgan fingerprint density at radius 1 is 1.23 bits per heavy atom. The summed E-state index contributed by atoms with van der Waals surface area (Å²) in [6.07, 6.45) is 7.18. The molecule has 1 unspecified atom stereocenters. The van der Waals surface area contributed by atoms with Crippen molar-refractivity contribution in [2.45, 2.75) is 12.5 Å².